The molecule has 7 heteroatoms. The summed E-state index contributed by atoms with van der Waals surface area (Å²) in [5, 5.41) is 13.2. The summed E-state index contributed by atoms with van der Waals surface area (Å²) in [6.07, 6.45) is 30.1. The van der Waals surface area contributed by atoms with Gasteiger partial charge in [0.25, 0.3) is 10.1 Å². The minimum Gasteiger partial charge on any atom is -0.391 e. The van der Waals surface area contributed by atoms with Gasteiger partial charge in [-0.15, -0.1) is 0 Å². The van der Waals surface area contributed by atoms with Crippen LogP contribution in [0.3, 0.4) is 0 Å². The van der Waals surface area contributed by atoms with Crippen LogP contribution in [0.4, 0.5) is 0 Å². The second-order valence-corrected chi connectivity index (χ2v) is 12.9. The summed E-state index contributed by atoms with van der Waals surface area (Å²) in [6.45, 7) is 4.45. The zero-order valence-corrected chi connectivity index (χ0v) is 26.3. The average Bonchev–Trinajstić information content (AvgIpc) is 2.88. The smallest absolute Gasteiger partial charge is 0.266 e. The molecule has 0 rings (SSSR count). The third kappa shape index (κ3) is 28.4. The Hall–Kier alpha value is -0.920. The van der Waals surface area contributed by atoms with E-state index in [2.05, 4.69) is 31.3 Å². The molecule has 0 fully saturated rings. The Labute approximate surface area is 241 Å². The molecule has 0 spiro atoms. The minimum absolute atomic E-state index is 0.257. The zero-order valence-electron chi connectivity index (χ0n) is 25.5. The maximum absolute atomic E-state index is 12.4. The third-order valence-corrected chi connectivity index (χ3v) is 8.25. The van der Waals surface area contributed by atoms with Crippen molar-refractivity contribution in [2.45, 2.75) is 180 Å². The molecular formula is C32H63NO5S. The number of hydrogen-bond acceptors (Lipinski definition) is 4. The Bertz CT molecular complexity index is 680. The summed E-state index contributed by atoms with van der Waals surface area (Å²) in [4.78, 5) is 12.4. The van der Waals surface area contributed by atoms with E-state index >= 15 is 0 Å². The number of unbranched alkanes of at least 4 members (excludes halogenated alkanes) is 19. The normalized spacial score (nSPS) is 13.6. The van der Waals surface area contributed by atoms with Gasteiger partial charge in [-0.05, 0) is 32.1 Å². The first-order valence-corrected chi connectivity index (χ1v) is 18.0. The van der Waals surface area contributed by atoms with Crippen molar-refractivity contribution < 1.29 is 22.9 Å². The van der Waals surface area contributed by atoms with Crippen molar-refractivity contribution >= 4 is 16.0 Å². The molecule has 0 saturated carbocycles. The van der Waals surface area contributed by atoms with Crippen molar-refractivity contribution in [2.24, 2.45) is 0 Å². The van der Waals surface area contributed by atoms with Gasteiger partial charge >= 0.3 is 0 Å². The second-order valence-electron chi connectivity index (χ2n) is 11.4. The van der Waals surface area contributed by atoms with Gasteiger partial charge in [-0.2, -0.15) is 8.42 Å². The quantitative estimate of drug-likeness (QED) is 0.0472. The number of carbonyl (C=O) groups is 1. The van der Waals surface area contributed by atoms with Gasteiger partial charge < -0.3 is 10.4 Å². The van der Waals surface area contributed by atoms with Gasteiger partial charge in [-0.25, -0.2) is 0 Å². The van der Waals surface area contributed by atoms with E-state index in [-0.39, 0.29) is 5.91 Å². The first-order valence-electron chi connectivity index (χ1n) is 16.4. The van der Waals surface area contributed by atoms with Crippen molar-refractivity contribution in [3.05, 3.63) is 12.2 Å². The molecule has 0 aromatic heterocycles. The van der Waals surface area contributed by atoms with Crippen LogP contribution in [0.5, 0.6) is 0 Å². The van der Waals surface area contributed by atoms with E-state index in [0.29, 0.717) is 12.8 Å². The first kappa shape index (κ1) is 38.1. The largest absolute Gasteiger partial charge is 0.391 e. The van der Waals surface area contributed by atoms with Crippen LogP contribution in [-0.2, 0) is 14.9 Å². The number of aliphatic hydroxyl groups excluding tert-OH is 1. The molecule has 0 heterocycles. The van der Waals surface area contributed by atoms with Gasteiger partial charge in [-0.3, -0.25) is 9.35 Å². The number of allylic oxidation sites excluding steroid dienone is 2. The number of carbonyl (C=O) groups excluding carboxylic acids is 1. The molecule has 0 bridgehead atoms. The van der Waals surface area contributed by atoms with Crippen LogP contribution < -0.4 is 5.32 Å². The molecule has 39 heavy (non-hydrogen) atoms. The summed E-state index contributed by atoms with van der Waals surface area (Å²) < 4.78 is 32.2. The zero-order chi connectivity index (χ0) is 29.0. The van der Waals surface area contributed by atoms with Gasteiger partial charge in [0.15, 0.2) is 0 Å². The Morgan fingerprint density at radius 3 is 1.62 bits per heavy atom. The molecule has 1 amide bonds. The third-order valence-electron chi connectivity index (χ3n) is 7.47. The molecule has 6 nitrogen and oxygen atoms in total. The van der Waals surface area contributed by atoms with Crippen LogP contribution in [0.25, 0.3) is 0 Å². The van der Waals surface area contributed by atoms with E-state index in [4.69, 9.17) is 0 Å². The fourth-order valence-electron chi connectivity index (χ4n) is 4.96. The topological polar surface area (TPSA) is 104 Å². The molecule has 0 aliphatic heterocycles. The number of aliphatic hydroxyl groups is 1. The van der Waals surface area contributed by atoms with E-state index in [1.165, 1.54) is 77.0 Å². The number of nitrogens with one attached hydrogen (secondary N) is 1. The molecule has 232 valence electrons. The Kier molecular flexibility index (Phi) is 26.6. The summed E-state index contributed by atoms with van der Waals surface area (Å²) >= 11 is 0. The average molecular weight is 574 g/mol. The van der Waals surface area contributed by atoms with Crippen LogP contribution >= 0.6 is 0 Å². The van der Waals surface area contributed by atoms with Gasteiger partial charge in [0.2, 0.25) is 5.91 Å². The van der Waals surface area contributed by atoms with Gasteiger partial charge in [0.05, 0.1) is 17.9 Å². The Morgan fingerprint density at radius 2 is 1.10 bits per heavy atom. The fourth-order valence-corrected chi connectivity index (χ4v) is 5.72. The van der Waals surface area contributed by atoms with E-state index in [1.807, 2.05) is 0 Å². The SMILES string of the molecule is CCCC/C=C\CCCCCCCC(=O)NC(CS(=O)(=O)O)C(O)CCCCCCCCCCCCCCC. The first-order chi connectivity index (χ1) is 18.8. The molecule has 0 aromatic rings. The number of amides is 1. The van der Waals surface area contributed by atoms with Gasteiger partial charge in [-0.1, -0.05) is 142 Å². The molecule has 2 unspecified atom stereocenters. The summed E-state index contributed by atoms with van der Waals surface area (Å²) in [5.41, 5.74) is 0. The standard InChI is InChI=1S/C32H63NO5S/c1-3-5-7-9-11-13-15-16-18-19-21-23-25-27-31(34)30(29-39(36,37)38)33-32(35)28-26-24-22-20-17-14-12-10-8-6-4-2/h10,12,30-31,34H,3-9,11,13-29H2,1-2H3,(H,33,35)(H,36,37,38)/b12-10-. The van der Waals surface area contributed by atoms with E-state index in [9.17, 15) is 22.9 Å². The Balaban J connectivity index is 3.99. The minimum atomic E-state index is -4.30. The van der Waals surface area contributed by atoms with Crippen LogP contribution in [0, 0.1) is 0 Å². The highest BCUT2D eigenvalue weighted by Crippen LogP contribution is 2.15. The Morgan fingerprint density at radius 1 is 0.667 bits per heavy atom. The molecular weight excluding hydrogens is 510 g/mol. The molecule has 3 N–H and O–H groups in total. The second kappa shape index (κ2) is 27.3. The molecule has 0 aliphatic carbocycles. The van der Waals surface area contributed by atoms with Gasteiger partial charge in [0.1, 0.15) is 0 Å². The van der Waals surface area contributed by atoms with Crippen molar-refractivity contribution in [3.8, 4) is 0 Å². The predicted octanol–water partition coefficient (Wildman–Crippen LogP) is 8.68. The van der Waals surface area contributed by atoms with Crippen molar-refractivity contribution in [3.63, 3.8) is 0 Å². The van der Waals surface area contributed by atoms with Crippen molar-refractivity contribution in [1.29, 1.82) is 0 Å². The summed E-state index contributed by atoms with van der Waals surface area (Å²) in [5.74, 6) is -0.906. The lowest BCUT2D eigenvalue weighted by Crippen LogP contribution is -2.47. The summed E-state index contributed by atoms with van der Waals surface area (Å²) in [6, 6.07) is -0.968. The molecule has 0 radical (unpaired) electrons. The lowest BCUT2D eigenvalue weighted by molar-refractivity contribution is -0.122. The van der Waals surface area contributed by atoms with Crippen molar-refractivity contribution in [1.82, 2.24) is 5.32 Å². The molecule has 0 saturated heterocycles. The molecule has 0 aromatic carbocycles. The lowest BCUT2D eigenvalue weighted by atomic mass is 10.0. The van der Waals surface area contributed by atoms with Crippen molar-refractivity contribution in [2.75, 3.05) is 5.75 Å². The highest BCUT2D eigenvalue weighted by molar-refractivity contribution is 7.85. The monoisotopic (exact) mass is 573 g/mol. The lowest BCUT2D eigenvalue weighted by Gasteiger charge is -2.23. The van der Waals surface area contributed by atoms with E-state index < -0.39 is 28.0 Å². The van der Waals surface area contributed by atoms with Crippen LogP contribution in [-0.4, -0.2) is 41.9 Å². The number of hydrogen-bond donors (Lipinski definition) is 3. The van der Waals surface area contributed by atoms with E-state index in [0.717, 1.165) is 64.2 Å². The van der Waals surface area contributed by atoms with Gasteiger partial charge in [0, 0.05) is 6.42 Å². The predicted molar refractivity (Wildman–Crippen MR) is 166 cm³/mol. The highest BCUT2D eigenvalue weighted by atomic mass is 32.2. The van der Waals surface area contributed by atoms with Crippen LogP contribution in [0.1, 0.15) is 168 Å². The van der Waals surface area contributed by atoms with Crippen LogP contribution in [0.15, 0.2) is 12.2 Å². The molecule has 2 atom stereocenters. The maximum Gasteiger partial charge on any atom is 0.266 e. The maximum atomic E-state index is 12.4. The van der Waals surface area contributed by atoms with E-state index in [1.54, 1.807) is 0 Å². The number of rotatable bonds is 29. The molecule has 0 aliphatic rings. The summed E-state index contributed by atoms with van der Waals surface area (Å²) in [7, 11) is -4.30. The highest BCUT2D eigenvalue weighted by Gasteiger charge is 2.26. The fraction of sp³-hybridized carbons (Fsp3) is 0.906. The van der Waals surface area contributed by atoms with Crippen LogP contribution in [0.2, 0.25) is 0 Å².